The molecule has 0 aromatic heterocycles. The number of thioether (sulfide) groups is 1. The van der Waals surface area contributed by atoms with Gasteiger partial charge >= 0.3 is 0 Å². The Balaban J connectivity index is 1.84. The Hall–Kier alpha value is -2.20. The zero-order chi connectivity index (χ0) is 13.9. The molecule has 0 saturated heterocycles. The van der Waals surface area contributed by atoms with Crippen LogP contribution in [-0.4, -0.2) is 12.9 Å². The summed E-state index contributed by atoms with van der Waals surface area (Å²) in [6, 6.07) is 15.2. The Morgan fingerprint density at radius 1 is 1.10 bits per heavy atom. The van der Waals surface area contributed by atoms with E-state index in [2.05, 4.69) is 5.32 Å². The van der Waals surface area contributed by atoms with Crippen molar-refractivity contribution in [2.45, 2.75) is 4.90 Å². The third-order valence-corrected chi connectivity index (χ3v) is 4.14. The number of benzene rings is 2. The number of hydrogen-bond donors (Lipinski definition) is 1. The number of fused-ring (bicyclic) bond motifs is 1. The first kappa shape index (κ1) is 12.8. The number of methoxy groups -OCH3 is 1. The smallest absolute Gasteiger partial charge is 0.202 e. The van der Waals surface area contributed by atoms with E-state index in [-0.39, 0.29) is 5.78 Å². The highest BCUT2D eigenvalue weighted by molar-refractivity contribution is 8.04. The lowest BCUT2D eigenvalue weighted by Gasteiger charge is -2.07. The lowest BCUT2D eigenvalue weighted by Crippen LogP contribution is -1.98. The number of carbonyl (C=O) groups is 1. The maximum absolute atomic E-state index is 12.2. The van der Waals surface area contributed by atoms with Crippen molar-refractivity contribution in [3.05, 3.63) is 65.2 Å². The second-order valence-electron chi connectivity index (χ2n) is 4.28. The van der Waals surface area contributed by atoms with Crippen molar-refractivity contribution in [2.75, 3.05) is 12.4 Å². The van der Waals surface area contributed by atoms with Crippen LogP contribution < -0.4 is 10.1 Å². The van der Waals surface area contributed by atoms with Crippen LogP contribution in [0.5, 0.6) is 5.75 Å². The second-order valence-corrected chi connectivity index (χ2v) is 5.36. The zero-order valence-electron chi connectivity index (χ0n) is 10.9. The van der Waals surface area contributed by atoms with E-state index in [1.165, 1.54) is 11.8 Å². The highest BCUT2D eigenvalue weighted by Crippen LogP contribution is 2.39. The zero-order valence-corrected chi connectivity index (χ0v) is 11.7. The minimum atomic E-state index is 0.0630. The van der Waals surface area contributed by atoms with Crippen LogP contribution in [0.4, 0.5) is 5.69 Å². The molecule has 2 aromatic rings. The SMILES string of the molecule is COc1ccccc1NC=C1Sc2ccccc2C1=O. The molecule has 0 radical (unpaired) electrons. The third kappa shape index (κ3) is 2.30. The van der Waals surface area contributed by atoms with E-state index in [9.17, 15) is 4.79 Å². The van der Waals surface area contributed by atoms with Gasteiger partial charge in [0, 0.05) is 16.7 Å². The summed E-state index contributed by atoms with van der Waals surface area (Å²) in [6.07, 6.45) is 1.74. The Labute approximate surface area is 121 Å². The van der Waals surface area contributed by atoms with Gasteiger partial charge in [0.25, 0.3) is 0 Å². The fourth-order valence-corrected chi connectivity index (χ4v) is 3.02. The standard InChI is InChI=1S/C16H13NO2S/c1-19-13-8-4-3-7-12(13)17-10-15-16(18)11-6-2-5-9-14(11)20-15/h2-10,17H,1H3. The van der Waals surface area contributed by atoms with Crippen molar-refractivity contribution in [1.82, 2.24) is 0 Å². The van der Waals surface area contributed by atoms with E-state index in [1.807, 2.05) is 48.5 Å². The first-order valence-corrected chi connectivity index (χ1v) is 7.02. The number of ether oxygens (including phenoxy) is 1. The van der Waals surface area contributed by atoms with Gasteiger partial charge < -0.3 is 10.1 Å². The van der Waals surface area contributed by atoms with Gasteiger partial charge in [0.05, 0.1) is 17.7 Å². The van der Waals surface area contributed by atoms with Gasteiger partial charge in [0.15, 0.2) is 0 Å². The molecule has 0 fully saturated rings. The number of Topliss-reactive ketones (excluding diaryl/α,β-unsaturated/α-hetero) is 1. The fourth-order valence-electron chi connectivity index (χ4n) is 2.04. The topological polar surface area (TPSA) is 38.3 Å². The predicted molar refractivity (Wildman–Crippen MR) is 81.3 cm³/mol. The number of carbonyl (C=O) groups excluding carboxylic acids is 1. The minimum absolute atomic E-state index is 0.0630. The van der Waals surface area contributed by atoms with Crippen molar-refractivity contribution < 1.29 is 9.53 Å². The van der Waals surface area contributed by atoms with Crippen LogP contribution in [0.15, 0.2) is 64.5 Å². The molecule has 3 nitrogen and oxygen atoms in total. The average molecular weight is 283 g/mol. The van der Waals surface area contributed by atoms with Crippen LogP contribution in [0.25, 0.3) is 0 Å². The summed E-state index contributed by atoms with van der Waals surface area (Å²) in [7, 11) is 1.62. The molecular weight excluding hydrogens is 270 g/mol. The molecule has 0 bridgehead atoms. The summed E-state index contributed by atoms with van der Waals surface area (Å²) >= 11 is 1.49. The molecule has 0 amide bonds. The molecule has 0 unspecified atom stereocenters. The van der Waals surface area contributed by atoms with Gasteiger partial charge in [-0.25, -0.2) is 0 Å². The molecule has 20 heavy (non-hydrogen) atoms. The lowest BCUT2D eigenvalue weighted by atomic mass is 10.1. The maximum Gasteiger partial charge on any atom is 0.202 e. The molecular formula is C16H13NO2S. The van der Waals surface area contributed by atoms with Crippen LogP contribution >= 0.6 is 11.8 Å². The molecule has 3 rings (SSSR count). The lowest BCUT2D eigenvalue weighted by molar-refractivity contribution is 0.104. The molecule has 0 aliphatic carbocycles. The first-order valence-electron chi connectivity index (χ1n) is 6.21. The largest absolute Gasteiger partial charge is 0.495 e. The molecule has 1 heterocycles. The van der Waals surface area contributed by atoms with Crippen LogP contribution in [0, 0.1) is 0 Å². The second kappa shape index (κ2) is 5.43. The number of allylic oxidation sites excluding steroid dienone is 1. The van der Waals surface area contributed by atoms with Crippen LogP contribution in [0.3, 0.4) is 0 Å². The van der Waals surface area contributed by atoms with Gasteiger partial charge in [-0.05, 0) is 24.3 Å². The fraction of sp³-hybridized carbons (Fsp3) is 0.0625. The molecule has 1 aliphatic heterocycles. The van der Waals surface area contributed by atoms with Gasteiger partial charge in [-0.2, -0.15) is 0 Å². The van der Waals surface area contributed by atoms with Crippen molar-refractivity contribution in [2.24, 2.45) is 0 Å². The number of rotatable bonds is 3. The molecule has 4 heteroatoms. The number of anilines is 1. The molecule has 2 aromatic carbocycles. The van der Waals surface area contributed by atoms with E-state index >= 15 is 0 Å². The van der Waals surface area contributed by atoms with Crippen LogP contribution in [-0.2, 0) is 0 Å². The van der Waals surface area contributed by atoms with E-state index in [1.54, 1.807) is 13.3 Å². The van der Waals surface area contributed by atoms with Gasteiger partial charge in [0.2, 0.25) is 5.78 Å². The van der Waals surface area contributed by atoms with Gasteiger partial charge in [-0.15, -0.1) is 0 Å². The van der Waals surface area contributed by atoms with Crippen LogP contribution in [0.1, 0.15) is 10.4 Å². The number of nitrogens with one attached hydrogen (secondary N) is 1. The first-order chi connectivity index (χ1) is 9.79. The van der Waals surface area contributed by atoms with Crippen molar-refractivity contribution in [3.63, 3.8) is 0 Å². The maximum atomic E-state index is 12.2. The average Bonchev–Trinajstić information content (AvgIpc) is 2.82. The van der Waals surface area contributed by atoms with E-state index in [0.29, 0.717) is 4.91 Å². The quantitative estimate of drug-likeness (QED) is 0.866. The highest BCUT2D eigenvalue weighted by Gasteiger charge is 2.25. The number of para-hydroxylation sites is 2. The molecule has 0 atom stereocenters. The highest BCUT2D eigenvalue weighted by atomic mass is 32.2. The summed E-state index contributed by atoms with van der Waals surface area (Å²) in [5.41, 5.74) is 1.61. The molecule has 1 aliphatic rings. The molecule has 0 saturated carbocycles. The van der Waals surface area contributed by atoms with Crippen molar-refractivity contribution in [1.29, 1.82) is 0 Å². The monoisotopic (exact) mass is 283 g/mol. The Bertz CT molecular complexity index is 694. The molecule has 0 spiro atoms. The van der Waals surface area contributed by atoms with E-state index in [0.717, 1.165) is 21.9 Å². The predicted octanol–water partition coefficient (Wildman–Crippen LogP) is 3.94. The Morgan fingerprint density at radius 3 is 2.65 bits per heavy atom. The van der Waals surface area contributed by atoms with Gasteiger partial charge in [-0.3, -0.25) is 4.79 Å². The van der Waals surface area contributed by atoms with E-state index < -0.39 is 0 Å². The number of ketones is 1. The minimum Gasteiger partial charge on any atom is -0.495 e. The number of hydrogen-bond acceptors (Lipinski definition) is 4. The third-order valence-electron chi connectivity index (χ3n) is 3.04. The summed E-state index contributed by atoms with van der Waals surface area (Å²) < 4.78 is 5.27. The summed E-state index contributed by atoms with van der Waals surface area (Å²) in [4.78, 5) is 13.9. The summed E-state index contributed by atoms with van der Waals surface area (Å²) in [5.74, 6) is 0.810. The van der Waals surface area contributed by atoms with Crippen LogP contribution in [0.2, 0.25) is 0 Å². The molecule has 100 valence electrons. The van der Waals surface area contributed by atoms with Crippen molar-refractivity contribution >= 4 is 23.2 Å². The Kier molecular flexibility index (Phi) is 3.48. The summed E-state index contributed by atoms with van der Waals surface area (Å²) in [5, 5.41) is 3.14. The van der Waals surface area contributed by atoms with Gasteiger partial charge in [0.1, 0.15) is 5.75 Å². The normalized spacial score (nSPS) is 15.2. The van der Waals surface area contributed by atoms with E-state index in [4.69, 9.17) is 4.74 Å². The molecule has 1 N–H and O–H groups in total. The van der Waals surface area contributed by atoms with Crippen molar-refractivity contribution in [3.8, 4) is 5.75 Å². The van der Waals surface area contributed by atoms with Gasteiger partial charge in [-0.1, -0.05) is 36.0 Å². The Morgan fingerprint density at radius 2 is 1.85 bits per heavy atom. The summed E-state index contributed by atoms with van der Waals surface area (Å²) in [6.45, 7) is 0.